The summed E-state index contributed by atoms with van der Waals surface area (Å²) >= 11 is 0. The number of rotatable bonds is 4. The summed E-state index contributed by atoms with van der Waals surface area (Å²) in [6.07, 6.45) is 3.51. The number of hydrogen-bond donors (Lipinski definition) is 2. The van der Waals surface area contributed by atoms with Crippen LogP contribution in [0.25, 0.3) is 0 Å². The highest BCUT2D eigenvalue weighted by atomic mass is 16.1. The van der Waals surface area contributed by atoms with Crippen LogP contribution in [-0.2, 0) is 6.54 Å². The topological polar surface area (TPSA) is 66.9 Å². The van der Waals surface area contributed by atoms with Crippen LogP contribution in [0.4, 0.5) is 5.82 Å². The second-order valence-electron chi connectivity index (χ2n) is 4.62. The smallest absolute Gasteiger partial charge is 0.251 e. The summed E-state index contributed by atoms with van der Waals surface area (Å²) in [5.41, 5.74) is 3.53. The molecule has 0 radical (unpaired) electrons. The molecule has 2 aromatic rings. The number of aryl methyl sites for hydroxylation is 2. The predicted molar refractivity (Wildman–Crippen MR) is 78.7 cm³/mol. The third-order valence-electron chi connectivity index (χ3n) is 3.06. The largest absolute Gasteiger partial charge is 0.373 e. The monoisotopic (exact) mass is 270 g/mol. The van der Waals surface area contributed by atoms with Gasteiger partial charge in [-0.15, -0.1) is 0 Å². The van der Waals surface area contributed by atoms with Crippen molar-refractivity contribution in [1.82, 2.24) is 15.3 Å². The molecule has 0 spiro atoms. The number of carbonyl (C=O) groups is 1. The zero-order valence-corrected chi connectivity index (χ0v) is 11.9. The fourth-order valence-corrected chi connectivity index (χ4v) is 1.89. The van der Waals surface area contributed by atoms with Crippen LogP contribution in [-0.4, -0.2) is 22.9 Å². The van der Waals surface area contributed by atoms with E-state index in [-0.39, 0.29) is 5.91 Å². The van der Waals surface area contributed by atoms with E-state index in [9.17, 15) is 4.79 Å². The molecule has 0 aliphatic carbocycles. The number of amides is 1. The number of nitrogens with zero attached hydrogens (tertiary/aromatic N) is 2. The number of pyridine rings is 2. The van der Waals surface area contributed by atoms with Crippen molar-refractivity contribution in [3.63, 3.8) is 0 Å². The Labute approximate surface area is 118 Å². The van der Waals surface area contributed by atoms with Gasteiger partial charge in [0.1, 0.15) is 5.82 Å². The molecule has 0 saturated heterocycles. The number of carbonyl (C=O) groups excluding carboxylic acids is 1. The zero-order chi connectivity index (χ0) is 14.5. The molecule has 0 saturated carbocycles. The van der Waals surface area contributed by atoms with Crippen molar-refractivity contribution in [2.75, 3.05) is 12.4 Å². The molecule has 0 aromatic carbocycles. The van der Waals surface area contributed by atoms with Crippen molar-refractivity contribution in [3.05, 3.63) is 53.0 Å². The lowest BCUT2D eigenvalue weighted by atomic mass is 10.1. The van der Waals surface area contributed by atoms with E-state index in [1.165, 1.54) is 0 Å². The van der Waals surface area contributed by atoms with Crippen LogP contribution in [0.5, 0.6) is 0 Å². The molecule has 2 rings (SSSR count). The maximum absolute atomic E-state index is 12.2. The summed E-state index contributed by atoms with van der Waals surface area (Å²) in [6.45, 7) is 4.33. The number of nitrogens with one attached hydrogen (secondary N) is 2. The Morgan fingerprint density at radius 1 is 1.30 bits per heavy atom. The van der Waals surface area contributed by atoms with Crippen LogP contribution in [0, 0.1) is 13.8 Å². The molecule has 2 aromatic heterocycles. The van der Waals surface area contributed by atoms with Gasteiger partial charge >= 0.3 is 0 Å². The molecule has 0 fully saturated rings. The molecule has 20 heavy (non-hydrogen) atoms. The molecule has 0 bridgehead atoms. The molecule has 104 valence electrons. The van der Waals surface area contributed by atoms with Gasteiger partial charge in [-0.05, 0) is 43.2 Å². The molecule has 5 nitrogen and oxygen atoms in total. The maximum Gasteiger partial charge on any atom is 0.251 e. The fraction of sp³-hybridized carbons (Fsp3) is 0.267. The van der Waals surface area contributed by atoms with Crippen LogP contribution in [0.15, 0.2) is 30.6 Å². The second-order valence-corrected chi connectivity index (χ2v) is 4.62. The van der Waals surface area contributed by atoms with Gasteiger partial charge < -0.3 is 10.6 Å². The van der Waals surface area contributed by atoms with Gasteiger partial charge in [-0.25, -0.2) is 4.98 Å². The fourth-order valence-electron chi connectivity index (χ4n) is 1.89. The van der Waals surface area contributed by atoms with Crippen molar-refractivity contribution in [2.45, 2.75) is 20.4 Å². The predicted octanol–water partition coefficient (Wildman–Crippen LogP) is 2.07. The molecular formula is C15H18N4O. The summed E-state index contributed by atoms with van der Waals surface area (Å²) in [5.74, 6) is 0.572. The summed E-state index contributed by atoms with van der Waals surface area (Å²) in [4.78, 5) is 20.5. The molecular weight excluding hydrogens is 252 g/mol. The molecule has 2 N–H and O–H groups in total. The molecule has 0 aliphatic rings. The standard InChI is InChI=1S/C15H18N4O/c1-10-4-5-17-8-13(10)9-18-15(20)12-6-11(2)19-14(7-12)16-3/h4-8H,9H2,1-3H3,(H,16,19)(H,18,20). The normalized spacial score (nSPS) is 10.2. The van der Waals surface area contributed by atoms with Crippen LogP contribution in [0.3, 0.4) is 0 Å². The van der Waals surface area contributed by atoms with E-state index in [1.54, 1.807) is 31.6 Å². The van der Waals surface area contributed by atoms with Gasteiger partial charge in [-0.3, -0.25) is 9.78 Å². The maximum atomic E-state index is 12.2. The number of aromatic nitrogens is 2. The van der Waals surface area contributed by atoms with Gasteiger partial charge in [0.2, 0.25) is 0 Å². The minimum absolute atomic E-state index is 0.116. The Morgan fingerprint density at radius 2 is 2.10 bits per heavy atom. The van der Waals surface area contributed by atoms with E-state index in [4.69, 9.17) is 0 Å². The quantitative estimate of drug-likeness (QED) is 0.892. The molecule has 5 heteroatoms. The van der Waals surface area contributed by atoms with E-state index >= 15 is 0 Å². The summed E-state index contributed by atoms with van der Waals surface area (Å²) < 4.78 is 0. The molecule has 0 unspecified atom stereocenters. The molecule has 0 atom stereocenters. The van der Waals surface area contributed by atoms with Crippen molar-refractivity contribution >= 4 is 11.7 Å². The van der Waals surface area contributed by atoms with Crippen LogP contribution in [0.1, 0.15) is 27.2 Å². The highest BCUT2D eigenvalue weighted by Gasteiger charge is 2.08. The Kier molecular flexibility index (Phi) is 4.30. The van der Waals surface area contributed by atoms with Gasteiger partial charge in [-0.2, -0.15) is 0 Å². The van der Waals surface area contributed by atoms with E-state index < -0.39 is 0 Å². The molecule has 1 amide bonds. The number of anilines is 1. The lowest BCUT2D eigenvalue weighted by Gasteiger charge is -2.09. The van der Waals surface area contributed by atoms with Crippen molar-refractivity contribution < 1.29 is 4.79 Å². The summed E-state index contributed by atoms with van der Waals surface area (Å²) in [7, 11) is 1.78. The highest BCUT2D eigenvalue weighted by Crippen LogP contribution is 2.10. The summed E-state index contributed by atoms with van der Waals surface area (Å²) in [6, 6.07) is 5.43. The second kappa shape index (κ2) is 6.14. The van der Waals surface area contributed by atoms with Crippen molar-refractivity contribution in [2.24, 2.45) is 0 Å². The van der Waals surface area contributed by atoms with E-state index in [2.05, 4.69) is 20.6 Å². The third kappa shape index (κ3) is 3.32. The number of hydrogen-bond acceptors (Lipinski definition) is 4. The van der Waals surface area contributed by atoms with Gasteiger partial charge in [0.15, 0.2) is 0 Å². The van der Waals surface area contributed by atoms with E-state index in [1.807, 2.05) is 19.9 Å². The van der Waals surface area contributed by atoms with Gasteiger partial charge in [-0.1, -0.05) is 0 Å². The van der Waals surface area contributed by atoms with Crippen LogP contribution >= 0.6 is 0 Å². The lowest BCUT2D eigenvalue weighted by molar-refractivity contribution is 0.0950. The van der Waals surface area contributed by atoms with Crippen LogP contribution < -0.4 is 10.6 Å². The molecule has 0 aliphatic heterocycles. The Morgan fingerprint density at radius 3 is 2.80 bits per heavy atom. The van der Waals surface area contributed by atoms with Crippen molar-refractivity contribution in [3.8, 4) is 0 Å². The van der Waals surface area contributed by atoms with Crippen molar-refractivity contribution in [1.29, 1.82) is 0 Å². The average molecular weight is 270 g/mol. The first-order valence-electron chi connectivity index (χ1n) is 6.44. The minimum Gasteiger partial charge on any atom is -0.373 e. The highest BCUT2D eigenvalue weighted by molar-refractivity contribution is 5.94. The lowest BCUT2D eigenvalue weighted by Crippen LogP contribution is -2.23. The van der Waals surface area contributed by atoms with Crippen LogP contribution in [0.2, 0.25) is 0 Å². The average Bonchev–Trinajstić information content (AvgIpc) is 2.45. The first-order valence-corrected chi connectivity index (χ1v) is 6.44. The van der Waals surface area contributed by atoms with Gasteiger partial charge in [0, 0.05) is 37.2 Å². The van der Waals surface area contributed by atoms with E-state index in [0.29, 0.717) is 17.9 Å². The first kappa shape index (κ1) is 14.0. The Balaban J connectivity index is 2.09. The first-order chi connectivity index (χ1) is 9.60. The Bertz CT molecular complexity index is 625. The van der Waals surface area contributed by atoms with Gasteiger partial charge in [0.25, 0.3) is 5.91 Å². The van der Waals surface area contributed by atoms with Gasteiger partial charge in [0.05, 0.1) is 0 Å². The Hall–Kier alpha value is -2.43. The zero-order valence-electron chi connectivity index (χ0n) is 11.9. The molecule has 2 heterocycles. The van der Waals surface area contributed by atoms with E-state index in [0.717, 1.165) is 16.8 Å². The minimum atomic E-state index is -0.116. The SMILES string of the molecule is CNc1cc(C(=O)NCc2cnccc2C)cc(C)n1. The third-order valence-corrected chi connectivity index (χ3v) is 3.06. The summed E-state index contributed by atoms with van der Waals surface area (Å²) in [5, 5.41) is 5.84.